The summed E-state index contributed by atoms with van der Waals surface area (Å²) in [7, 11) is 0. The molecule has 4 heteroatoms. The first-order chi connectivity index (χ1) is 8.75. The molecule has 0 saturated carbocycles. The predicted octanol–water partition coefficient (Wildman–Crippen LogP) is 1.72. The average Bonchev–Trinajstić information content (AvgIpc) is 2.85. The van der Waals surface area contributed by atoms with Crippen molar-refractivity contribution in [2.75, 3.05) is 19.7 Å². The van der Waals surface area contributed by atoms with Crippen LogP contribution in [-0.2, 0) is 4.74 Å². The van der Waals surface area contributed by atoms with E-state index < -0.39 is 6.10 Å². The van der Waals surface area contributed by atoms with Gasteiger partial charge in [0.1, 0.15) is 18.0 Å². The highest BCUT2D eigenvalue weighted by Crippen LogP contribution is 2.29. The van der Waals surface area contributed by atoms with Crippen LogP contribution >= 0.6 is 0 Å². The summed E-state index contributed by atoms with van der Waals surface area (Å²) >= 11 is 0. The Labute approximate surface area is 106 Å². The zero-order valence-corrected chi connectivity index (χ0v) is 10.3. The van der Waals surface area contributed by atoms with Crippen molar-refractivity contribution in [3.05, 3.63) is 35.6 Å². The largest absolute Gasteiger partial charge is 0.386 e. The molecule has 0 aliphatic carbocycles. The van der Waals surface area contributed by atoms with Crippen LogP contribution in [0.25, 0.3) is 0 Å². The number of aliphatic hydroxyl groups is 1. The van der Waals surface area contributed by atoms with Crippen LogP contribution in [-0.4, -0.2) is 41.8 Å². The Kier molecular flexibility index (Phi) is 3.33. The Hall–Kier alpha value is -0.970. The quantitative estimate of drug-likeness (QED) is 0.868. The molecule has 2 fully saturated rings. The third kappa shape index (κ3) is 2.16. The molecule has 2 aliphatic rings. The van der Waals surface area contributed by atoms with Crippen LogP contribution in [0.5, 0.6) is 0 Å². The van der Waals surface area contributed by atoms with Crippen molar-refractivity contribution < 1.29 is 14.2 Å². The van der Waals surface area contributed by atoms with Crippen molar-refractivity contribution >= 4 is 0 Å². The fourth-order valence-electron chi connectivity index (χ4n) is 2.95. The van der Waals surface area contributed by atoms with Gasteiger partial charge in [0.2, 0.25) is 0 Å². The number of ether oxygens (including phenoxy) is 1. The lowest BCUT2D eigenvalue weighted by Gasteiger charge is -2.37. The standard InChI is InChI=1S/C14H18FNO2/c15-12-6-2-1-5-11(12)14(17)13-8-16-7-3-4-10(16)9-18-13/h1-2,5-6,10,13-14,17H,3-4,7-9H2. The first-order valence-electron chi connectivity index (χ1n) is 6.54. The van der Waals surface area contributed by atoms with Gasteiger partial charge in [0.25, 0.3) is 0 Å². The molecule has 0 aromatic heterocycles. The molecule has 2 heterocycles. The van der Waals surface area contributed by atoms with Crippen LogP contribution in [0, 0.1) is 5.82 Å². The van der Waals surface area contributed by atoms with Crippen LogP contribution in [0.3, 0.4) is 0 Å². The lowest BCUT2D eigenvalue weighted by Crippen LogP contribution is -2.48. The number of aliphatic hydroxyl groups excluding tert-OH is 1. The summed E-state index contributed by atoms with van der Waals surface area (Å²) in [6, 6.07) is 6.86. The van der Waals surface area contributed by atoms with E-state index in [2.05, 4.69) is 4.90 Å². The highest BCUT2D eigenvalue weighted by atomic mass is 19.1. The number of halogens is 1. The first kappa shape index (κ1) is 12.1. The van der Waals surface area contributed by atoms with E-state index in [1.807, 2.05) is 0 Å². The fraction of sp³-hybridized carbons (Fsp3) is 0.571. The smallest absolute Gasteiger partial charge is 0.129 e. The van der Waals surface area contributed by atoms with Gasteiger partial charge in [-0.1, -0.05) is 18.2 Å². The molecule has 18 heavy (non-hydrogen) atoms. The van der Waals surface area contributed by atoms with Gasteiger partial charge in [-0.15, -0.1) is 0 Å². The Bertz CT molecular complexity index is 426. The molecule has 0 spiro atoms. The Balaban J connectivity index is 1.73. The molecular formula is C14H18FNO2. The summed E-state index contributed by atoms with van der Waals surface area (Å²) in [5, 5.41) is 10.3. The lowest BCUT2D eigenvalue weighted by atomic mass is 10.0. The molecule has 3 atom stereocenters. The van der Waals surface area contributed by atoms with Crippen molar-refractivity contribution in [3.63, 3.8) is 0 Å². The van der Waals surface area contributed by atoms with Gasteiger partial charge in [-0.05, 0) is 25.5 Å². The molecule has 3 unspecified atom stereocenters. The molecule has 2 aliphatic heterocycles. The highest BCUT2D eigenvalue weighted by molar-refractivity contribution is 5.21. The number of hydrogen-bond donors (Lipinski definition) is 1. The predicted molar refractivity (Wildman–Crippen MR) is 65.7 cm³/mol. The van der Waals surface area contributed by atoms with E-state index >= 15 is 0 Å². The summed E-state index contributed by atoms with van der Waals surface area (Å²) in [5.41, 5.74) is 0.333. The number of benzene rings is 1. The van der Waals surface area contributed by atoms with Gasteiger partial charge < -0.3 is 9.84 Å². The van der Waals surface area contributed by atoms with E-state index in [-0.39, 0.29) is 11.9 Å². The van der Waals surface area contributed by atoms with Gasteiger partial charge >= 0.3 is 0 Å². The molecular weight excluding hydrogens is 233 g/mol. The summed E-state index contributed by atoms with van der Waals surface area (Å²) < 4.78 is 19.3. The molecule has 1 N–H and O–H groups in total. The monoisotopic (exact) mass is 251 g/mol. The number of fused-ring (bicyclic) bond motifs is 1. The second-order valence-electron chi connectivity index (χ2n) is 5.13. The second-order valence-corrected chi connectivity index (χ2v) is 5.13. The molecule has 0 amide bonds. The zero-order chi connectivity index (χ0) is 12.5. The Morgan fingerprint density at radius 1 is 1.39 bits per heavy atom. The third-order valence-electron chi connectivity index (χ3n) is 3.99. The number of rotatable bonds is 2. The van der Waals surface area contributed by atoms with Gasteiger partial charge in [-0.25, -0.2) is 4.39 Å². The minimum Gasteiger partial charge on any atom is -0.386 e. The van der Waals surface area contributed by atoms with E-state index in [4.69, 9.17) is 4.74 Å². The van der Waals surface area contributed by atoms with E-state index in [1.54, 1.807) is 18.2 Å². The molecule has 2 saturated heterocycles. The maximum Gasteiger partial charge on any atom is 0.129 e. The van der Waals surface area contributed by atoms with Crippen molar-refractivity contribution in [2.45, 2.75) is 31.1 Å². The maximum absolute atomic E-state index is 13.6. The van der Waals surface area contributed by atoms with Gasteiger partial charge in [0.05, 0.1) is 6.61 Å². The normalized spacial score (nSPS) is 30.1. The fourth-order valence-corrected chi connectivity index (χ4v) is 2.95. The third-order valence-corrected chi connectivity index (χ3v) is 3.99. The maximum atomic E-state index is 13.6. The minimum atomic E-state index is -0.882. The number of hydrogen-bond acceptors (Lipinski definition) is 3. The lowest BCUT2D eigenvalue weighted by molar-refractivity contribution is -0.104. The zero-order valence-electron chi connectivity index (χ0n) is 10.3. The highest BCUT2D eigenvalue weighted by Gasteiger charge is 2.36. The van der Waals surface area contributed by atoms with Crippen LogP contribution in [0.2, 0.25) is 0 Å². The van der Waals surface area contributed by atoms with Crippen molar-refractivity contribution in [3.8, 4) is 0 Å². The minimum absolute atomic E-state index is 0.323. The molecule has 0 bridgehead atoms. The Morgan fingerprint density at radius 2 is 2.22 bits per heavy atom. The molecule has 1 aromatic carbocycles. The molecule has 1 aromatic rings. The molecule has 0 radical (unpaired) electrons. The van der Waals surface area contributed by atoms with Crippen LogP contribution in [0.1, 0.15) is 24.5 Å². The van der Waals surface area contributed by atoms with E-state index in [9.17, 15) is 9.50 Å². The van der Waals surface area contributed by atoms with Crippen molar-refractivity contribution in [2.24, 2.45) is 0 Å². The van der Waals surface area contributed by atoms with Gasteiger partial charge in [-0.2, -0.15) is 0 Å². The Morgan fingerprint density at radius 3 is 3.06 bits per heavy atom. The summed E-state index contributed by atoms with van der Waals surface area (Å²) in [4.78, 5) is 2.35. The first-order valence-corrected chi connectivity index (χ1v) is 6.54. The second kappa shape index (κ2) is 4.96. The van der Waals surface area contributed by atoms with Crippen LogP contribution < -0.4 is 0 Å². The van der Waals surface area contributed by atoms with Crippen molar-refractivity contribution in [1.82, 2.24) is 4.90 Å². The van der Waals surface area contributed by atoms with Crippen LogP contribution in [0.15, 0.2) is 24.3 Å². The molecule has 3 nitrogen and oxygen atoms in total. The summed E-state index contributed by atoms with van der Waals surface area (Å²) in [5.74, 6) is -0.364. The average molecular weight is 251 g/mol. The number of morpholine rings is 1. The summed E-state index contributed by atoms with van der Waals surface area (Å²) in [6.07, 6.45) is 1.16. The van der Waals surface area contributed by atoms with Gasteiger partial charge in [0.15, 0.2) is 0 Å². The van der Waals surface area contributed by atoms with Crippen molar-refractivity contribution in [1.29, 1.82) is 0 Å². The SMILES string of the molecule is OC(c1ccccc1F)C1CN2CCCC2CO1. The van der Waals surface area contributed by atoms with E-state index in [0.29, 0.717) is 24.8 Å². The van der Waals surface area contributed by atoms with Gasteiger partial charge in [0, 0.05) is 18.2 Å². The van der Waals surface area contributed by atoms with E-state index in [0.717, 1.165) is 6.54 Å². The summed E-state index contributed by atoms with van der Waals surface area (Å²) in [6.45, 7) is 2.41. The molecule has 3 rings (SSSR count). The van der Waals surface area contributed by atoms with E-state index in [1.165, 1.54) is 18.9 Å². The van der Waals surface area contributed by atoms with Crippen LogP contribution in [0.4, 0.5) is 4.39 Å². The molecule has 98 valence electrons. The number of nitrogens with zero attached hydrogens (tertiary/aromatic N) is 1. The topological polar surface area (TPSA) is 32.7 Å². The van der Waals surface area contributed by atoms with Gasteiger partial charge in [-0.3, -0.25) is 4.90 Å².